The number of amides is 1. The van der Waals surface area contributed by atoms with Gasteiger partial charge in [0, 0.05) is 32.8 Å². The summed E-state index contributed by atoms with van der Waals surface area (Å²) in [7, 11) is 0. The van der Waals surface area contributed by atoms with Gasteiger partial charge in [0.1, 0.15) is 17.1 Å². The van der Waals surface area contributed by atoms with Crippen molar-refractivity contribution in [3.8, 4) is 0 Å². The smallest absolute Gasteiger partial charge is 0.251 e. The number of aromatic nitrogens is 2. The Bertz CT molecular complexity index is 485. The van der Waals surface area contributed by atoms with Crippen LogP contribution in [0, 0.1) is 0 Å². The molecule has 1 aromatic heterocycles. The fourth-order valence-electron chi connectivity index (χ4n) is 2.62. The summed E-state index contributed by atoms with van der Waals surface area (Å²) in [6.07, 6.45) is 4.81. The third-order valence-corrected chi connectivity index (χ3v) is 3.89. The average molecular weight is 297 g/mol. The van der Waals surface area contributed by atoms with Crippen molar-refractivity contribution in [1.29, 1.82) is 0 Å². The minimum atomic E-state index is -0.229. The maximum atomic E-state index is 12.2. The first-order valence-corrected chi connectivity index (χ1v) is 7.25. The molecule has 0 aliphatic carbocycles. The summed E-state index contributed by atoms with van der Waals surface area (Å²) in [5.41, 5.74) is 0. The molecule has 0 saturated carbocycles. The van der Waals surface area contributed by atoms with Crippen LogP contribution in [0.25, 0.3) is 0 Å². The minimum absolute atomic E-state index is 0.124. The van der Waals surface area contributed by atoms with Crippen LogP contribution >= 0.6 is 11.6 Å². The van der Waals surface area contributed by atoms with Crippen LogP contribution in [0.2, 0.25) is 5.15 Å². The van der Waals surface area contributed by atoms with Gasteiger partial charge < -0.3 is 14.5 Å². The van der Waals surface area contributed by atoms with Crippen molar-refractivity contribution in [1.82, 2.24) is 14.9 Å². The molecule has 3 rings (SSSR count). The predicted molar refractivity (Wildman–Crippen MR) is 74.8 cm³/mol. The number of ether oxygens (including phenoxy) is 1. The molecule has 2 aliphatic heterocycles. The Morgan fingerprint density at radius 1 is 1.30 bits per heavy atom. The first kappa shape index (κ1) is 13.6. The lowest BCUT2D eigenvalue weighted by Gasteiger charge is -2.36. The summed E-state index contributed by atoms with van der Waals surface area (Å²) < 4.78 is 5.45. The average Bonchev–Trinajstić information content (AvgIpc) is 3.01. The summed E-state index contributed by atoms with van der Waals surface area (Å²) in [6.45, 7) is 3.56. The molecule has 0 radical (unpaired) electrons. The Labute approximate surface area is 122 Å². The zero-order chi connectivity index (χ0) is 13.9. The Morgan fingerprint density at radius 2 is 2.10 bits per heavy atom. The number of carbonyl (C=O) groups is 1. The van der Waals surface area contributed by atoms with E-state index < -0.39 is 0 Å². The number of halogens is 1. The van der Waals surface area contributed by atoms with Crippen molar-refractivity contribution in [3.05, 3.63) is 17.5 Å². The predicted octanol–water partition coefficient (Wildman–Crippen LogP) is 0.958. The van der Waals surface area contributed by atoms with Crippen molar-refractivity contribution in [2.75, 3.05) is 37.7 Å². The fourth-order valence-corrected chi connectivity index (χ4v) is 2.76. The molecular formula is C13H17ClN4O2. The van der Waals surface area contributed by atoms with Crippen molar-refractivity contribution >= 4 is 23.3 Å². The van der Waals surface area contributed by atoms with Gasteiger partial charge in [-0.25, -0.2) is 4.98 Å². The molecule has 2 fully saturated rings. The molecule has 3 heterocycles. The van der Waals surface area contributed by atoms with Crippen molar-refractivity contribution in [2.24, 2.45) is 0 Å². The zero-order valence-electron chi connectivity index (χ0n) is 11.2. The highest BCUT2D eigenvalue weighted by Crippen LogP contribution is 2.18. The molecule has 1 unspecified atom stereocenters. The lowest BCUT2D eigenvalue weighted by atomic mass is 10.2. The van der Waals surface area contributed by atoms with Gasteiger partial charge >= 0.3 is 0 Å². The second kappa shape index (κ2) is 5.93. The van der Waals surface area contributed by atoms with Crippen molar-refractivity contribution in [2.45, 2.75) is 18.9 Å². The number of carbonyl (C=O) groups excluding carboxylic acids is 1. The standard InChI is InChI=1S/C13H17ClN4O2/c14-11-8-15-9-12(16-11)17-3-5-18(6-4-17)13(19)10-2-1-7-20-10/h8-10H,1-7H2. The monoisotopic (exact) mass is 296 g/mol. The van der Waals surface area contributed by atoms with E-state index in [-0.39, 0.29) is 12.0 Å². The zero-order valence-corrected chi connectivity index (χ0v) is 11.9. The molecule has 2 saturated heterocycles. The summed E-state index contributed by atoms with van der Waals surface area (Å²) in [6, 6.07) is 0. The lowest BCUT2D eigenvalue weighted by Crippen LogP contribution is -2.51. The molecule has 0 bridgehead atoms. The lowest BCUT2D eigenvalue weighted by molar-refractivity contribution is -0.141. The fraction of sp³-hybridized carbons (Fsp3) is 0.615. The number of hydrogen-bond donors (Lipinski definition) is 0. The van der Waals surface area contributed by atoms with E-state index in [9.17, 15) is 4.79 Å². The van der Waals surface area contributed by atoms with Gasteiger partial charge in [-0.05, 0) is 12.8 Å². The molecule has 1 atom stereocenters. The third kappa shape index (κ3) is 2.86. The largest absolute Gasteiger partial charge is 0.368 e. The number of hydrogen-bond acceptors (Lipinski definition) is 5. The topological polar surface area (TPSA) is 58.6 Å². The van der Waals surface area contributed by atoms with Gasteiger partial charge in [0.15, 0.2) is 0 Å². The molecule has 0 aromatic carbocycles. The molecular weight excluding hydrogens is 280 g/mol. The van der Waals surface area contributed by atoms with Crippen molar-refractivity contribution in [3.63, 3.8) is 0 Å². The first-order chi connectivity index (χ1) is 9.74. The van der Waals surface area contributed by atoms with Gasteiger partial charge in [-0.15, -0.1) is 0 Å². The summed E-state index contributed by atoms with van der Waals surface area (Å²) >= 11 is 5.85. The van der Waals surface area contributed by atoms with Crippen LogP contribution in [0.3, 0.4) is 0 Å². The highest BCUT2D eigenvalue weighted by atomic mass is 35.5. The molecule has 0 N–H and O–H groups in total. The quantitative estimate of drug-likeness (QED) is 0.813. The molecule has 0 spiro atoms. The number of nitrogens with zero attached hydrogens (tertiary/aromatic N) is 4. The van der Waals surface area contributed by atoms with E-state index in [1.165, 1.54) is 6.20 Å². The Hall–Kier alpha value is -1.40. The Balaban J connectivity index is 1.58. The van der Waals surface area contributed by atoms with Gasteiger partial charge in [-0.1, -0.05) is 11.6 Å². The van der Waals surface area contributed by atoms with E-state index >= 15 is 0 Å². The second-order valence-electron chi connectivity index (χ2n) is 5.01. The molecule has 1 amide bonds. The van der Waals surface area contributed by atoms with Gasteiger partial charge in [-0.2, -0.15) is 0 Å². The number of piperazine rings is 1. The maximum absolute atomic E-state index is 12.2. The maximum Gasteiger partial charge on any atom is 0.251 e. The first-order valence-electron chi connectivity index (χ1n) is 6.87. The molecule has 2 aliphatic rings. The van der Waals surface area contributed by atoms with E-state index in [0.717, 1.165) is 31.7 Å². The van der Waals surface area contributed by atoms with E-state index in [2.05, 4.69) is 14.9 Å². The third-order valence-electron chi connectivity index (χ3n) is 3.71. The normalized spacial score (nSPS) is 23.1. The molecule has 7 heteroatoms. The van der Waals surface area contributed by atoms with Crippen LogP contribution in [-0.4, -0.2) is 59.7 Å². The highest BCUT2D eigenvalue weighted by molar-refractivity contribution is 6.29. The summed E-state index contributed by atoms with van der Waals surface area (Å²) in [5.74, 6) is 0.890. The van der Waals surface area contributed by atoms with Gasteiger partial charge in [0.2, 0.25) is 0 Å². The van der Waals surface area contributed by atoms with E-state index in [0.29, 0.717) is 24.8 Å². The van der Waals surface area contributed by atoms with Crippen LogP contribution in [-0.2, 0) is 9.53 Å². The number of anilines is 1. The molecule has 1 aromatic rings. The summed E-state index contributed by atoms with van der Waals surface area (Å²) in [4.78, 5) is 24.5. The van der Waals surface area contributed by atoms with Crippen LogP contribution in [0.15, 0.2) is 12.4 Å². The Kier molecular flexibility index (Phi) is 4.03. The number of rotatable bonds is 2. The second-order valence-corrected chi connectivity index (χ2v) is 5.40. The van der Waals surface area contributed by atoms with E-state index in [1.54, 1.807) is 6.20 Å². The van der Waals surface area contributed by atoms with Crippen LogP contribution in [0.1, 0.15) is 12.8 Å². The summed E-state index contributed by atoms with van der Waals surface area (Å²) in [5, 5.41) is 0.389. The van der Waals surface area contributed by atoms with Gasteiger partial charge in [-0.3, -0.25) is 9.78 Å². The van der Waals surface area contributed by atoms with E-state index in [1.807, 2.05) is 4.90 Å². The van der Waals surface area contributed by atoms with Gasteiger partial charge in [0.05, 0.1) is 12.4 Å². The molecule has 20 heavy (non-hydrogen) atoms. The van der Waals surface area contributed by atoms with Crippen molar-refractivity contribution < 1.29 is 9.53 Å². The van der Waals surface area contributed by atoms with Gasteiger partial charge in [0.25, 0.3) is 5.91 Å². The van der Waals surface area contributed by atoms with Crippen LogP contribution in [0.5, 0.6) is 0 Å². The minimum Gasteiger partial charge on any atom is -0.368 e. The molecule has 108 valence electrons. The Morgan fingerprint density at radius 3 is 2.75 bits per heavy atom. The highest BCUT2D eigenvalue weighted by Gasteiger charge is 2.30. The van der Waals surface area contributed by atoms with Crippen LogP contribution < -0.4 is 4.90 Å². The van der Waals surface area contributed by atoms with Crippen LogP contribution in [0.4, 0.5) is 5.82 Å². The SMILES string of the molecule is O=C(C1CCCO1)N1CCN(c2cncc(Cl)n2)CC1. The van der Waals surface area contributed by atoms with E-state index in [4.69, 9.17) is 16.3 Å². The molecule has 6 nitrogen and oxygen atoms in total.